The molecule has 0 bridgehead atoms. The Labute approximate surface area is 137 Å². The highest BCUT2D eigenvalue weighted by atomic mass is 79.9. The second-order valence-corrected chi connectivity index (χ2v) is 7.65. The lowest BCUT2D eigenvalue weighted by Crippen LogP contribution is -2.47. The number of rotatable bonds is 4. The summed E-state index contributed by atoms with van der Waals surface area (Å²) >= 11 is 3.49. The van der Waals surface area contributed by atoms with Gasteiger partial charge in [-0.05, 0) is 62.3 Å². The van der Waals surface area contributed by atoms with Gasteiger partial charge >= 0.3 is 0 Å². The maximum absolute atomic E-state index is 6.39. The van der Waals surface area contributed by atoms with Gasteiger partial charge in [-0.3, -0.25) is 0 Å². The van der Waals surface area contributed by atoms with Crippen molar-refractivity contribution >= 4 is 15.9 Å². The second kappa shape index (κ2) is 7.26. The molecule has 2 fully saturated rings. The van der Waals surface area contributed by atoms with Gasteiger partial charge in [-0.15, -0.1) is 0 Å². The first-order chi connectivity index (χ1) is 10.2. The molecule has 2 N–H and O–H groups in total. The molecule has 1 saturated carbocycles. The molecule has 1 unspecified atom stereocenters. The Bertz CT molecular complexity index is 443. The molecular weight excluding hydrogens is 324 g/mol. The molecule has 1 aliphatic carbocycles. The van der Waals surface area contributed by atoms with E-state index in [0.717, 1.165) is 22.9 Å². The van der Waals surface area contributed by atoms with Crippen LogP contribution in [0.4, 0.5) is 0 Å². The molecule has 1 saturated heterocycles. The number of nitrogens with two attached hydrogens (primary N) is 1. The third-order valence-electron chi connectivity index (χ3n) is 5.38. The van der Waals surface area contributed by atoms with Crippen molar-refractivity contribution < 1.29 is 0 Å². The Morgan fingerprint density at radius 2 is 1.81 bits per heavy atom. The van der Waals surface area contributed by atoms with Crippen molar-refractivity contribution in [2.75, 3.05) is 13.1 Å². The first-order valence-electron chi connectivity index (χ1n) is 8.49. The number of hydrogen-bond acceptors (Lipinski definition) is 2. The van der Waals surface area contributed by atoms with Gasteiger partial charge in [0.1, 0.15) is 0 Å². The fraction of sp³-hybridized carbons (Fsp3) is 0.667. The van der Waals surface area contributed by atoms with Gasteiger partial charge in [-0.1, -0.05) is 40.9 Å². The second-order valence-electron chi connectivity index (χ2n) is 6.74. The summed E-state index contributed by atoms with van der Waals surface area (Å²) in [6, 6.07) is 9.50. The van der Waals surface area contributed by atoms with Crippen molar-refractivity contribution in [1.82, 2.24) is 4.90 Å². The van der Waals surface area contributed by atoms with Crippen LogP contribution in [0.2, 0.25) is 0 Å². The van der Waals surface area contributed by atoms with Gasteiger partial charge in [-0.25, -0.2) is 0 Å². The molecule has 0 amide bonds. The molecule has 1 aromatic rings. The van der Waals surface area contributed by atoms with E-state index in [2.05, 4.69) is 45.1 Å². The van der Waals surface area contributed by atoms with E-state index in [1.54, 1.807) is 0 Å². The van der Waals surface area contributed by atoms with Gasteiger partial charge in [0.2, 0.25) is 0 Å². The minimum absolute atomic E-state index is 0.169. The van der Waals surface area contributed by atoms with Crippen molar-refractivity contribution in [2.45, 2.75) is 57.0 Å². The summed E-state index contributed by atoms with van der Waals surface area (Å²) < 4.78 is 1.12. The zero-order chi connectivity index (χ0) is 14.7. The van der Waals surface area contributed by atoms with Crippen LogP contribution < -0.4 is 5.73 Å². The van der Waals surface area contributed by atoms with Gasteiger partial charge in [0.25, 0.3) is 0 Å². The molecular formula is C18H27BrN2. The molecule has 3 rings (SSSR count). The quantitative estimate of drug-likeness (QED) is 0.866. The Morgan fingerprint density at radius 1 is 1.10 bits per heavy atom. The van der Waals surface area contributed by atoms with E-state index in [4.69, 9.17) is 5.73 Å². The molecule has 3 heteroatoms. The number of fused-ring (bicyclic) bond motifs is 1. The van der Waals surface area contributed by atoms with Crippen LogP contribution in [0, 0.1) is 5.92 Å². The Balaban J connectivity index is 1.55. The van der Waals surface area contributed by atoms with Gasteiger partial charge in [0.05, 0.1) is 0 Å². The summed E-state index contributed by atoms with van der Waals surface area (Å²) in [5.41, 5.74) is 7.65. The molecule has 116 valence electrons. The van der Waals surface area contributed by atoms with Crippen LogP contribution in [-0.2, 0) is 0 Å². The third-order valence-corrected chi connectivity index (χ3v) is 5.91. The van der Waals surface area contributed by atoms with E-state index in [1.165, 1.54) is 57.2 Å². The van der Waals surface area contributed by atoms with Crippen LogP contribution in [0.15, 0.2) is 28.7 Å². The predicted octanol–water partition coefficient (Wildman–Crippen LogP) is 4.49. The van der Waals surface area contributed by atoms with Crippen LogP contribution in [0.1, 0.15) is 56.6 Å². The van der Waals surface area contributed by atoms with Crippen LogP contribution in [0.5, 0.6) is 0 Å². The normalized spacial score (nSPS) is 28.1. The van der Waals surface area contributed by atoms with Gasteiger partial charge in [-0.2, -0.15) is 0 Å². The summed E-state index contributed by atoms with van der Waals surface area (Å²) in [6.45, 7) is 2.45. The largest absolute Gasteiger partial charge is 0.324 e. The number of benzene rings is 1. The van der Waals surface area contributed by atoms with E-state index in [0.29, 0.717) is 0 Å². The Morgan fingerprint density at radius 3 is 2.62 bits per heavy atom. The minimum Gasteiger partial charge on any atom is -0.324 e. The van der Waals surface area contributed by atoms with Crippen molar-refractivity contribution in [2.24, 2.45) is 11.7 Å². The van der Waals surface area contributed by atoms with Crippen molar-refractivity contribution in [3.63, 3.8) is 0 Å². The van der Waals surface area contributed by atoms with Crippen molar-refractivity contribution in [3.05, 3.63) is 34.3 Å². The molecule has 2 aliphatic rings. The number of halogens is 1. The molecule has 21 heavy (non-hydrogen) atoms. The van der Waals surface area contributed by atoms with E-state index >= 15 is 0 Å². The third kappa shape index (κ3) is 3.88. The average molecular weight is 351 g/mol. The molecule has 2 nitrogen and oxygen atoms in total. The van der Waals surface area contributed by atoms with Crippen molar-refractivity contribution in [3.8, 4) is 0 Å². The molecule has 1 aliphatic heterocycles. The molecule has 1 heterocycles. The number of piperidine rings is 1. The Kier molecular flexibility index (Phi) is 5.36. The molecule has 3 atom stereocenters. The first-order valence-corrected chi connectivity index (χ1v) is 9.28. The van der Waals surface area contributed by atoms with Gasteiger partial charge in [0, 0.05) is 23.1 Å². The Hall–Kier alpha value is -0.380. The van der Waals surface area contributed by atoms with Crippen LogP contribution in [0.25, 0.3) is 0 Å². The standard InChI is InChI=1S/C18H27BrN2/c19-16-9-7-14(8-10-16)17(20)11-13-21-12-3-5-15-4-1-2-6-18(15)21/h7-10,15,17-18H,1-6,11-13,20H2/t15-,17?,18-/m1/s1. The predicted molar refractivity (Wildman–Crippen MR) is 92.2 cm³/mol. The van der Waals surface area contributed by atoms with Crippen LogP contribution >= 0.6 is 15.9 Å². The molecule has 0 aromatic heterocycles. The number of likely N-dealkylation sites (tertiary alicyclic amines) is 1. The summed E-state index contributed by atoms with van der Waals surface area (Å²) in [7, 11) is 0. The minimum atomic E-state index is 0.169. The summed E-state index contributed by atoms with van der Waals surface area (Å²) in [5.74, 6) is 0.969. The van der Waals surface area contributed by atoms with Crippen LogP contribution in [-0.4, -0.2) is 24.0 Å². The van der Waals surface area contributed by atoms with E-state index in [9.17, 15) is 0 Å². The van der Waals surface area contributed by atoms with Crippen LogP contribution in [0.3, 0.4) is 0 Å². The zero-order valence-corrected chi connectivity index (χ0v) is 14.4. The SMILES string of the molecule is NC(CCN1CCC[C@H]2CCCC[C@H]21)c1ccc(Br)cc1. The lowest BCUT2D eigenvalue weighted by Gasteiger charge is -2.44. The summed E-state index contributed by atoms with van der Waals surface area (Å²) in [4.78, 5) is 2.74. The zero-order valence-electron chi connectivity index (χ0n) is 12.8. The summed E-state index contributed by atoms with van der Waals surface area (Å²) in [6.07, 6.45) is 9.67. The highest BCUT2D eigenvalue weighted by Crippen LogP contribution is 2.35. The van der Waals surface area contributed by atoms with Gasteiger partial charge in [0.15, 0.2) is 0 Å². The lowest BCUT2D eigenvalue weighted by atomic mass is 9.78. The number of nitrogens with zero attached hydrogens (tertiary/aromatic N) is 1. The van der Waals surface area contributed by atoms with E-state index in [1.807, 2.05) is 0 Å². The smallest absolute Gasteiger partial charge is 0.0307 e. The lowest BCUT2D eigenvalue weighted by molar-refractivity contribution is 0.0586. The monoisotopic (exact) mass is 350 g/mol. The maximum Gasteiger partial charge on any atom is 0.0307 e. The first kappa shape index (κ1) is 15.5. The maximum atomic E-state index is 6.39. The fourth-order valence-corrected chi connectivity index (χ4v) is 4.45. The van der Waals surface area contributed by atoms with E-state index in [-0.39, 0.29) is 6.04 Å². The molecule has 0 radical (unpaired) electrons. The molecule has 1 aromatic carbocycles. The van der Waals surface area contributed by atoms with Crippen molar-refractivity contribution in [1.29, 1.82) is 0 Å². The average Bonchev–Trinajstić information content (AvgIpc) is 2.53. The molecule has 0 spiro atoms. The van der Waals surface area contributed by atoms with E-state index < -0.39 is 0 Å². The number of hydrogen-bond donors (Lipinski definition) is 1. The van der Waals surface area contributed by atoms with Gasteiger partial charge < -0.3 is 10.6 Å². The summed E-state index contributed by atoms with van der Waals surface area (Å²) in [5, 5.41) is 0. The topological polar surface area (TPSA) is 29.3 Å². The highest BCUT2D eigenvalue weighted by molar-refractivity contribution is 9.10. The fourth-order valence-electron chi connectivity index (χ4n) is 4.19. The highest BCUT2D eigenvalue weighted by Gasteiger charge is 2.32.